The van der Waals surface area contributed by atoms with Gasteiger partial charge in [0.25, 0.3) is 0 Å². The van der Waals surface area contributed by atoms with Crippen LogP contribution in [0.25, 0.3) is 0 Å². The first kappa shape index (κ1) is 13.1. The minimum absolute atomic E-state index is 0.00664. The van der Waals surface area contributed by atoms with Gasteiger partial charge in [-0.05, 0) is 27.2 Å². The van der Waals surface area contributed by atoms with E-state index in [1.807, 2.05) is 0 Å². The maximum absolute atomic E-state index is 10.8. The first-order chi connectivity index (χ1) is 7.84. The Hall–Kier alpha value is -1.92. The van der Waals surface area contributed by atoms with Crippen molar-refractivity contribution in [3.63, 3.8) is 0 Å². The lowest BCUT2D eigenvalue weighted by atomic mass is 10.2. The van der Waals surface area contributed by atoms with E-state index in [0.29, 0.717) is 17.8 Å². The minimum Gasteiger partial charge on any atom is -0.481 e. The van der Waals surface area contributed by atoms with Gasteiger partial charge in [-0.1, -0.05) is 0 Å². The van der Waals surface area contributed by atoms with Gasteiger partial charge in [0, 0.05) is 6.42 Å². The van der Waals surface area contributed by atoms with E-state index in [1.165, 1.54) is 4.68 Å². The molecule has 0 saturated heterocycles. The van der Waals surface area contributed by atoms with Crippen LogP contribution in [-0.2, 0) is 4.79 Å². The molecular formula is C10H15N3O4. The molecule has 0 fully saturated rings. The molecule has 1 N–H and O–H groups in total. The van der Waals surface area contributed by atoms with E-state index in [1.54, 1.807) is 20.8 Å². The Bertz CT molecular complexity index is 453. The first-order valence-corrected chi connectivity index (χ1v) is 5.26. The SMILES string of the molecule is Cc1nn(C(C)CCC(=O)O)c(C)c1[N+](=O)[O-]. The zero-order valence-corrected chi connectivity index (χ0v) is 10.0. The molecule has 0 aromatic carbocycles. The maximum atomic E-state index is 10.8. The van der Waals surface area contributed by atoms with Crippen LogP contribution in [0.1, 0.15) is 37.2 Å². The molecule has 1 rings (SSSR count). The third kappa shape index (κ3) is 2.80. The molecule has 0 aliphatic carbocycles. The number of carboxylic acids is 1. The second kappa shape index (κ2) is 4.94. The van der Waals surface area contributed by atoms with Crippen molar-refractivity contribution in [1.29, 1.82) is 0 Å². The van der Waals surface area contributed by atoms with Crippen LogP contribution >= 0.6 is 0 Å². The standard InChI is InChI=1S/C10H15N3O4/c1-6(4-5-9(14)15)12-8(3)10(13(16)17)7(2)11-12/h6H,4-5H2,1-3H3,(H,14,15). The predicted molar refractivity (Wildman–Crippen MR) is 59.9 cm³/mol. The van der Waals surface area contributed by atoms with Crippen molar-refractivity contribution in [3.8, 4) is 0 Å². The minimum atomic E-state index is -0.882. The van der Waals surface area contributed by atoms with Crippen molar-refractivity contribution in [1.82, 2.24) is 9.78 Å². The largest absolute Gasteiger partial charge is 0.481 e. The summed E-state index contributed by atoms with van der Waals surface area (Å²) in [5, 5.41) is 23.5. The lowest BCUT2D eigenvalue weighted by molar-refractivity contribution is -0.386. The topological polar surface area (TPSA) is 98.3 Å². The summed E-state index contributed by atoms with van der Waals surface area (Å²) in [6.07, 6.45) is 0.418. The molecule has 94 valence electrons. The highest BCUT2D eigenvalue weighted by atomic mass is 16.6. The van der Waals surface area contributed by atoms with Crippen LogP contribution in [-0.4, -0.2) is 25.8 Å². The zero-order valence-electron chi connectivity index (χ0n) is 10.0. The van der Waals surface area contributed by atoms with Crippen molar-refractivity contribution < 1.29 is 14.8 Å². The molecule has 0 radical (unpaired) electrons. The lowest BCUT2D eigenvalue weighted by Gasteiger charge is -2.12. The van der Waals surface area contributed by atoms with Gasteiger partial charge >= 0.3 is 11.7 Å². The molecule has 1 unspecified atom stereocenters. The maximum Gasteiger partial charge on any atom is 0.312 e. The fourth-order valence-electron chi connectivity index (χ4n) is 1.80. The van der Waals surface area contributed by atoms with E-state index in [2.05, 4.69) is 5.10 Å². The number of aromatic nitrogens is 2. The van der Waals surface area contributed by atoms with Gasteiger partial charge in [0.2, 0.25) is 0 Å². The fourth-order valence-corrected chi connectivity index (χ4v) is 1.80. The highest BCUT2D eigenvalue weighted by Crippen LogP contribution is 2.26. The van der Waals surface area contributed by atoms with Crippen molar-refractivity contribution in [2.24, 2.45) is 0 Å². The number of hydrogen-bond acceptors (Lipinski definition) is 4. The van der Waals surface area contributed by atoms with E-state index in [4.69, 9.17) is 5.11 Å². The Balaban J connectivity index is 2.95. The second-order valence-corrected chi connectivity index (χ2v) is 4.00. The van der Waals surface area contributed by atoms with Crippen molar-refractivity contribution >= 4 is 11.7 Å². The van der Waals surface area contributed by atoms with Crippen LogP contribution in [0, 0.1) is 24.0 Å². The van der Waals surface area contributed by atoms with Crippen LogP contribution < -0.4 is 0 Å². The normalized spacial score (nSPS) is 12.4. The number of nitro groups is 1. The second-order valence-electron chi connectivity index (χ2n) is 4.00. The van der Waals surface area contributed by atoms with Gasteiger partial charge in [0.1, 0.15) is 11.4 Å². The van der Waals surface area contributed by atoms with Gasteiger partial charge in [-0.25, -0.2) is 0 Å². The molecule has 7 heteroatoms. The summed E-state index contributed by atoms with van der Waals surface area (Å²) in [4.78, 5) is 20.8. The quantitative estimate of drug-likeness (QED) is 0.626. The summed E-state index contributed by atoms with van der Waals surface area (Å²) in [6, 6.07) is -0.168. The van der Waals surface area contributed by atoms with Crippen molar-refractivity contribution in [2.75, 3.05) is 0 Å². The van der Waals surface area contributed by atoms with E-state index in [0.717, 1.165) is 0 Å². The summed E-state index contributed by atoms with van der Waals surface area (Å²) < 4.78 is 1.52. The van der Waals surface area contributed by atoms with E-state index in [-0.39, 0.29) is 18.2 Å². The average molecular weight is 241 g/mol. The summed E-state index contributed by atoms with van der Waals surface area (Å²) in [5.41, 5.74) is 0.826. The number of carboxylic acid groups (broad SMARTS) is 1. The predicted octanol–water partition coefficient (Wildman–Crippen LogP) is 1.83. The molecule has 7 nitrogen and oxygen atoms in total. The number of aliphatic carboxylic acids is 1. The smallest absolute Gasteiger partial charge is 0.312 e. The number of hydrogen-bond donors (Lipinski definition) is 1. The Morgan fingerprint density at radius 2 is 2.18 bits per heavy atom. The third-order valence-corrected chi connectivity index (χ3v) is 2.66. The molecule has 1 aromatic rings. The highest BCUT2D eigenvalue weighted by Gasteiger charge is 2.24. The summed E-state index contributed by atoms with van der Waals surface area (Å²) in [7, 11) is 0. The molecule has 1 aromatic heterocycles. The van der Waals surface area contributed by atoms with E-state index in [9.17, 15) is 14.9 Å². The Morgan fingerprint density at radius 1 is 1.59 bits per heavy atom. The Labute approximate surface area is 98.2 Å². The van der Waals surface area contributed by atoms with E-state index < -0.39 is 10.9 Å². The van der Waals surface area contributed by atoms with Crippen LogP contribution in [0.3, 0.4) is 0 Å². The highest BCUT2D eigenvalue weighted by molar-refractivity contribution is 5.66. The average Bonchev–Trinajstić information content (AvgIpc) is 2.50. The Kier molecular flexibility index (Phi) is 3.82. The Morgan fingerprint density at radius 3 is 2.59 bits per heavy atom. The van der Waals surface area contributed by atoms with Crippen LogP contribution in [0.15, 0.2) is 0 Å². The molecule has 0 bridgehead atoms. The van der Waals surface area contributed by atoms with Crippen LogP contribution in [0.2, 0.25) is 0 Å². The monoisotopic (exact) mass is 241 g/mol. The van der Waals surface area contributed by atoms with Crippen LogP contribution in [0.4, 0.5) is 5.69 Å². The number of aryl methyl sites for hydroxylation is 1. The number of rotatable bonds is 5. The fraction of sp³-hybridized carbons (Fsp3) is 0.600. The van der Waals surface area contributed by atoms with Crippen molar-refractivity contribution in [3.05, 3.63) is 21.5 Å². The molecule has 0 saturated carbocycles. The first-order valence-electron chi connectivity index (χ1n) is 5.26. The van der Waals surface area contributed by atoms with Gasteiger partial charge in [-0.2, -0.15) is 5.10 Å². The number of carbonyl (C=O) groups is 1. The van der Waals surface area contributed by atoms with Gasteiger partial charge in [-0.15, -0.1) is 0 Å². The molecule has 1 atom stereocenters. The molecular weight excluding hydrogens is 226 g/mol. The summed E-state index contributed by atoms with van der Waals surface area (Å²) in [6.45, 7) is 4.99. The molecule has 0 aliphatic rings. The molecule has 0 amide bonds. The van der Waals surface area contributed by atoms with E-state index >= 15 is 0 Å². The van der Waals surface area contributed by atoms with Gasteiger partial charge in [-0.3, -0.25) is 19.6 Å². The molecule has 0 aliphatic heterocycles. The number of nitrogens with zero attached hydrogens (tertiary/aromatic N) is 3. The summed E-state index contributed by atoms with van der Waals surface area (Å²) >= 11 is 0. The zero-order chi connectivity index (χ0) is 13.2. The molecule has 1 heterocycles. The lowest BCUT2D eigenvalue weighted by Crippen LogP contribution is -2.11. The van der Waals surface area contributed by atoms with Gasteiger partial charge < -0.3 is 5.11 Å². The van der Waals surface area contributed by atoms with Crippen LogP contribution in [0.5, 0.6) is 0 Å². The molecule has 0 spiro atoms. The van der Waals surface area contributed by atoms with Gasteiger partial charge in [0.15, 0.2) is 0 Å². The van der Waals surface area contributed by atoms with Gasteiger partial charge in [0.05, 0.1) is 11.0 Å². The van der Waals surface area contributed by atoms with Crippen molar-refractivity contribution in [2.45, 2.75) is 39.7 Å². The molecule has 17 heavy (non-hydrogen) atoms. The summed E-state index contributed by atoms with van der Waals surface area (Å²) in [5.74, 6) is -0.882. The third-order valence-electron chi connectivity index (χ3n) is 2.66.